The van der Waals surface area contributed by atoms with Gasteiger partial charge < -0.3 is 9.80 Å². The Bertz CT molecular complexity index is 326. The molecule has 2 aliphatic rings. The van der Waals surface area contributed by atoms with Crippen molar-refractivity contribution in [2.24, 2.45) is 11.8 Å². The van der Waals surface area contributed by atoms with E-state index < -0.39 is 0 Å². The molecule has 1 saturated heterocycles. The SMILES string of the molecule is CCC(C)C1NC(C2CCCC2)N(CCN(C)C)C1=O. The Labute approximate surface area is 123 Å². The first-order valence-electron chi connectivity index (χ1n) is 8.25. The van der Waals surface area contributed by atoms with Gasteiger partial charge in [-0.3, -0.25) is 10.1 Å². The van der Waals surface area contributed by atoms with Gasteiger partial charge in [0, 0.05) is 13.1 Å². The molecule has 4 nitrogen and oxygen atoms in total. The van der Waals surface area contributed by atoms with E-state index in [0.29, 0.717) is 17.7 Å². The molecule has 1 aliphatic carbocycles. The first-order chi connectivity index (χ1) is 9.54. The lowest BCUT2D eigenvalue weighted by Crippen LogP contribution is -2.45. The fraction of sp³-hybridized carbons (Fsp3) is 0.938. The van der Waals surface area contributed by atoms with Crippen LogP contribution in [0, 0.1) is 11.8 Å². The van der Waals surface area contributed by atoms with E-state index in [-0.39, 0.29) is 12.2 Å². The van der Waals surface area contributed by atoms with Crippen LogP contribution < -0.4 is 5.32 Å². The van der Waals surface area contributed by atoms with E-state index in [2.05, 4.69) is 43.1 Å². The van der Waals surface area contributed by atoms with Crippen LogP contribution in [0.5, 0.6) is 0 Å². The predicted molar refractivity (Wildman–Crippen MR) is 82.4 cm³/mol. The number of rotatable bonds is 6. The second-order valence-electron chi connectivity index (χ2n) is 6.85. The third-order valence-corrected chi connectivity index (χ3v) is 5.08. The smallest absolute Gasteiger partial charge is 0.241 e. The molecule has 0 bridgehead atoms. The minimum Gasteiger partial charge on any atom is -0.324 e. The summed E-state index contributed by atoms with van der Waals surface area (Å²) in [4.78, 5) is 17.0. The van der Waals surface area contributed by atoms with Crippen molar-refractivity contribution in [3.63, 3.8) is 0 Å². The van der Waals surface area contributed by atoms with Crippen molar-refractivity contribution in [3.05, 3.63) is 0 Å². The van der Waals surface area contributed by atoms with E-state index in [9.17, 15) is 4.79 Å². The summed E-state index contributed by atoms with van der Waals surface area (Å²) < 4.78 is 0. The topological polar surface area (TPSA) is 35.6 Å². The molecule has 1 aliphatic heterocycles. The van der Waals surface area contributed by atoms with E-state index >= 15 is 0 Å². The molecule has 2 fully saturated rings. The van der Waals surface area contributed by atoms with Crippen LogP contribution in [0.4, 0.5) is 0 Å². The average Bonchev–Trinajstić information content (AvgIpc) is 3.03. The van der Waals surface area contributed by atoms with Gasteiger partial charge in [-0.05, 0) is 38.8 Å². The fourth-order valence-corrected chi connectivity index (χ4v) is 3.53. The van der Waals surface area contributed by atoms with Crippen molar-refractivity contribution in [3.8, 4) is 0 Å². The molecule has 4 heteroatoms. The van der Waals surface area contributed by atoms with Crippen molar-refractivity contribution >= 4 is 5.91 Å². The molecule has 0 aromatic heterocycles. The Hall–Kier alpha value is -0.610. The van der Waals surface area contributed by atoms with Crippen LogP contribution >= 0.6 is 0 Å². The van der Waals surface area contributed by atoms with Gasteiger partial charge in [0.15, 0.2) is 0 Å². The molecule has 0 aromatic carbocycles. The van der Waals surface area contributed by atoms with Crippen LogP contribution in [0.2, 0.25) is 0 Å². The molecule has 2 rings (SSSR count). The van der Waals surface area contributed by atoms with Crippen molar-refractivity contribution in [2.75, 3.05) is 27.2 Å². The van der Waals surface area contributed by atoms with Crippen molar-refractivity contribution in [1.29, 1.82) is 0 Å². The highest BCUT2D eigenvalue weighted by atomic mass is 16.2. The van der Waals surface area contributed by atoms with Gasteiger partial charge in [0.2, 0.25) is 5.91 Å². The Morgan fingerprint density at radius 1 is 1.35 bits per heavy atom. The van der Waals surface area contributed by atoms with Gasteiger partial charge in [-0.1, -0.05) is 33.1 Å². The number of carbonyl (C=O) groups excluding carboxylic acids is 1. The zero-order chi connectivity index (χ0) is 14.7. The highest BCUT2D eigenvalue weighted by Gasteiger charge is 2.44. The van der Waals surface area contributed by atoms with Crippen molar-refractivity contribution < 1.29 is 4.79 Å². The first-order valence-corrected chi connectivity index (χ1v) is 8.25. The zero-order valence-electron chi connectivity index (χ0n) is 13.6. The molecule has 3 unspecified atom stereocenters. The third kappa shape index (κ3) is 3.34. The van der Waals surface area contributed by atoms with Crippen LogP contribution in [-0.4, -0.2) is 55.1 Å². The van der Waals surface area contributed by atoms with Crippen LogP contribution in [-0.2, 0) is 4.79 Å². The van der Waals surface area contributed by atoms with E-state index in [1.807, 2.05) is 0 Å². The van der Waals surface area contributed by atoms with Crippen molar-refractivity contribution in [1.82, 2.24) is 15.1 Å². The minimum atomic E-state index is 0.0350. The summed E-state index contributed by atoms with van der Waals surface area (Å²) in [5.41, 5.74) is 0. The molecule has 116 valence electrons. The summed E-state index contributed by atoms with van der Waals surface area (Å²) in [6, 6.07) is 0.0350. The third-order valence-electron chi connectivity index (χ3n) is 5.08. The Kier molecular flexibility index (Phi) is 5.44. The second kappa shape index (κ2) is 6.90. The van der Waals surface area contributed by atoms with Gasteiger partial charge in [-0.2, -0.15) is 0 Å². The zero-order valence-corrected chi connectivity index (χ0v) is 13.6. The molecule has 1 amide bonds. The molecule has 1 saturated carbocycles. The number of nitrogens with zero attached hydrogens (tertiary/aromatic N) is 2. The fourth-order valence-electron chi connectivity index (χ4n) is 3.53. The van der Waals surface area contributed by atoms with Crippen LogP contribution in [0.3, 0.4) is 0 Å². The summed E-state index contributed by atoms with van der Waals surface area (Å²) in [7, 11) is 4.15. The van der Waals surface area contributed by atoms with E-state index in [1.165, 1.54) is 25.7 Å². The Morgan fingerprint density at radius 3 is 2.55 bits per heavy atom. The van der Waals surface area contributed by atoms with Gasteiger partial charge in [0.25, 0.3) is 0 Å². The molecule has 20 heavy (non-hydrogen) atoms. The standard InChI is InChI=1S/C16H31N3O/c1-5-12(2)14-16(20)19(11-10-18(3)4)15(17-14)13-8-6-7-9-13/h12-15,17H,5-11H2,1-4H3. The molecule has 0 aromatic rings. The highest BCUT2D eigenvalue weighted by Crippen LogP contribution is 2.33. The maximum Gasteiger partial charge on any atom is 0.241 e. The summed E-state index contributed by atoms with van der Waals surface area (Å²) in [6.45, 7) is 6.17. The quantitative estimate of drug-likeness (QED) is 0.808. The molecule has 0 radical (unpaired) electrons. The number of amides is 1. The highest BCUT2D eigenvalue weighted by molar-refractivity contribution is 5.84. The van der Waals surface area contributed by atoms with E-state index in [1.54, 1.807) is 0 Å². The number of carbonyl (C=O) groups is 1. The predicted octanol–water partition coefficient (Wildman–Crippen LogP) is 1.91. The molecule has 1 heterocycles. The molecular formula is C16H31N3O. The van der Waals surface area contributed by atoms with Gasteiger partial charge >= 0.3 is 0 Å². The number of hydrogen-bond donors (Lipinski definition) is 1. The van der Waals surface area contributed by atoms with E-state index in [4.69, 9.17) is 0 Å². The van der Waals surface area contributed by atoms with E-state index in [0.717, 1.165) is 19.5 Å². The van der Waals surface area contributed by atoms with Crippen LogP contribution in [0.25, 0.3) is 0 Å². The summed E-state index contributed by atoms with van der Waals surface area (Å²) >= 11 is 0. The largest absolute Gasteiger partial charge is 0.324 e. The summed E-state index contributed by atoms with van der Waals surface area (Å²) in [5, 5.41) is 3.67. The Morgan fingerprint density at radius 2 is 2.00 bits per heavy atom. The normalized spacial score (nSPS) is 29.6. The van der Waals surface area contributed by atoms with Gasteiger partial charge in [0.05, 0.1) is 12.2 Å². The van der Waals surface area contributed by atoms with Crippen molar-refractivity contribution in [2.45, 2.75) is 58.2 Å². The molecular weight excluding hydrogens is 250 g/mol. The van der Waals surface area contributed by atoms with Crippen LogP contribution in [0.15, 0.2) is 0 Å². The maximum atomic E-state index is 12.7. The van der Waals surface area contributed by atoms with Gasteiger partial charge in [0.1, 0.15) is 0 Å². The number of hydrogen-bond acceptors (Lipinski definition) is 3. The Balaban J connectivity index is 2.07. The lowest BCUT2D eigenvalue weighted by atomic mass is 9.99. The van der Waals surface area contributed by atoms with Gasteiger partial charge in [-0.25, -0.2) is 0 Å². The van der Waals surface area contributed by atoms with Gasteiger partial charge in [-0.15, -0.1) is 0 Å². The summed E-state index contributed by atoms with van der Waals surface area (Å²) in [5.74, 6) is 1.42. The number of likely N-dealkylation sites (N-methyl/N-ethyl adjacent to an activating group) is 1. The van der Waals surface area contributed by atoms with Crippen LogP contribution in [0.1, 0.15) is 46.0 Å². The molecule has 0 spiro atoms. The first kappa shape index (κ1) is 15.8. The lowest BCUT2D eigenvalue weighted by Gasteiger charge is -2.29. The summed E-state index contributed by atoms with van der Waals surface area (Å²) in [6.07, 6.45) is 6.54. The second-order valence-corrected chi connectivity index (χ2v) is 6.85. The lowest BCUT2D eigenvalue weighted by molar-refractivity contribution is -0.131. The average molecular weight is 281 g/mol. The monoisotopic (exact) mass is 281 g/mol. The number of nitrogens with one attached hydrogen (secondary N) is 1. The minimum absolute atomic E-state index is 0.0350. The molecule has 3 atom stereocenters. The molecule has 1 N–H and O–H groups in total. The maximum absolute atomic E-state index is 12.7.